The minimum absolute atomic E-state index is 0.0835. The van der Waals surface area contributed by atoms with E-state index in [9.17, 15) is 0 Å². The second-order valence-corrected chi connectivity index (χ2v) is 18.2. The molecule has 8 heteroatoms. The molecule has 8 nitrogen and oxygen atoms in total. The number of benzene rings is 4. The first-order chi connectivity index (χ1) is 30.4. The van der Waals surface area contributed by atoms with Gasteiger partial charge in [0.05, 0.1) is 25.3 Å². The number of ether oxygens (including phenoxy) is 2. The van der Waals surface area contributed by atoms with Gasteiger partial charge in [0.1, 0.15) is 11.5 Å². The van der Waals surface area contributed by atoms with Gasteiger partial charge in [-0.05, 0) is 133 Å². The highest BCUT2D eigenvalue weighted by Gasteiger charge is 2.48. The lowest BCUT2D eigenvalue weighted by Crippen LogP contribution is -2.55. The zero-order valence-corrected chi connectivity index (χ0v) is 35.5. The molecule has 312 valence electrons. The number of rotatable bonds is 10. The number of methoxy groups -OCH3 is 2. The van der Waals surface area contributed by atoms with E-state index in [-0.39, 0.29) is 35.5 Å². The minimum Gasteiger partial charge on any atom is -0.497 e. The summed E-state index contributed by atoms with van der Waals surface area (Å²) in [7, 11) is 3.38. The molecular weight excluding hydrogens is 769 g/mol. The van der Waals surface area contributed by atoms with E-state index in [4.69, 9.17) is 19.4 Å². The van der Waals surface area contributed by atoms with Gasteiger partial charge in [0.15, 0.2) is 11.6 Å². The zero-order chi connectivity index (χ0) is 42.2. The van der Waals surface area contributed by atoms with Crippen LogP contribution in [0.5, 0.6) is 11.5 Å². The third kappa shape index (κ3) is 6.09. The second kappa shape index (κ2) is 15.4. The number of carbonyl (C=O) groups excluding carboxylic acids is 2. The Bertz CT molecular complexity index is 2630. The van der Waals surface area contributed by atoms with Gasteiger partial charge in [0.25, 0.3) is 0 Å². The van der Waals surface area contributed by atoms with Crippen LogP contribution in [0.15, 0.2) is 123 Å². The summed E-state index contributed by atoms with van der Waals surface area (Å²) in [5.41, 5.74) is 7.71. The number of aromatic nitrogens is 2. The lowest BCUT2D eigenvalue weighted by Gasteiger charge is -2.52. The predicted molar refractivity (Wildman–Crippen MR) is 244 cm³/mol. The third-order valence-electron chi connectivity index (χ3n) is 15.5. The lowest BCUT2D eigenvalue weighted by atomic mass is 9.65. The van der Waals surface area contributed by atoms with E-state index < -0.39 is 0 Å². The van der Waals surface area contributed by atoms with E-state index in [1.54, 1.807) is 14.2 Å². The van der Waals surface area contributed by atoms with Crippen molar-refractivity contribution in [3.05, 3.63) is 167 Å². The maximum absolute atomic E-state index is 15.6. The summed E-state index contributed by atoms with van der Waals surface area (Å²) in [5, 5.41) is 1.98. The number of nitrogens with zero attached hydrogens (tertiary/aromatic N) is 4. The number of fused-ring (bicyclic) bond motifs is 10. The summed E-state index contributed by atoms with van der Waals surface area (Å²) >= 11 is 0. The number of pyridine rings is 2. The van der Waals surface area contributed by atoms with Gasteiger partial charge in [0, 0.05) is 82.4 Å². The quantitative estimate of drug-likeness (QED) is 0.126. The first-order valence-electron chi connectivity index (χ1n) is 22.3. The fourth-order valence-corrected chi connectivity index (χ4v) is 12.5. The van der Waals surface area contributed by atoms with Crippen LogP contribution in [-0.4, -0.2) is 83.8 Å². The maximum Gasteiger partial charge on any atom is 0.194 e. The molecule has 62 heavy (non-hydrogen) atoms. The summed E-state index contributed by atoms with van der Waals surface area (Å²) < 4.78 is 11.6. The number of carbonyl (C=O) groups is 2. The van der Waals surface area contributed by atoms with Gasteiger partial charge in [-0.1, -0.05) is 48.6 Å². The highest BCUT2D eigenvalue weighted by molar-refractivity contribution is 6.29. The van der Waals surface area contributed by atoms with Crippen molar-refractivity contribution >= 4 is 33.4 Å². The normalized spacial score (nSPS) is 27.1. The number of piperidine rings is 6. The summed E-state index contributed by atoms with van der Waals surface area (Å²) in [5.74, 6) is 2.63. The molecule has 2 unspecified atom stereocenters. The molecular formula is C54H52N4O4. The molecule has 0 amide bonds. The van der Waals surface area contributed by atoms with Crippen LogP contribution in [0.4, 0.5) is 0 Å². The molecule has 0 N–H and O–H groups in total. The highest BCUT2D eigenvalue weighted by atomic mass is 16.5. The van der Waals surface area contributed by atoms with Gasteiger partial charge in [-0.3, -0.25) is 29.4 Å². The monoisotopic (exact) mass is 820 g/mol. The van der Waals surface area contributed by atoms with Crippen molar-refractivity contribution < 1.29 is 19.1 Å². The predicted octanol–water partition coefficient (Wildman–Crippen LogP) is 9.63. The largest absolute Gasteiger partial charge is 0.497 e. The first-order valence-corrected chi connectivity index (χ1v) is 22.3. The van der Waals surface area contributed by atoms with Crippen molar-refractivity contribution in [2.75, 3.05) is 40.4 Å². The van der Waals surface area contributed by atoms with E-state index in [1.165, 1.54) is 0 Å². The Morgan fingerprint density at radius 2 is 1.06 bits per heavy atom. The Labute approximate surface area is 363 Å². The van der Waals surface area contributed by atoms with Crippen molar-refractivity contribution in [3.63, 3.8) is 0 Å². The maximum atomic E-state index is 15.6. The molecule has 10 atom stereocenters. The van der Waals surface area contributed by atoms with Gasteiger partial charge in [-0.15, -0.1) is 13.2 Å². The average molecular weight is 821 g/mol. The fourth-order valence-electron chi connectivity index (χ4n) is 12.5. The Morgan fingerprint density at radius 3 is 1.45 bits per heavy atom. The number of hydrogen-bond acceptors (Lipinski definition) is 8. The molecule has 13 rings (SSSR count). The Balaban J connectivity index is 1.20. The van der Waals surface area contributed by atoms with Gasteiger partial charge in [0.2, 0.25) is 0 Å². The van der Waals surface area contributed by atoms with Crippen molar-refractivity contribution in [2.24, 2.45) is 23.7 Å². The molecule has 0 spiro atoms. The van der Waals surface area contributed by atoms with Crippen molar-refractivity contribution in [3.8, 4) is 11.5 Å². The van der Waals surface area contributed by atoms with Crippen LogP contribution in [-0.2, 0) is 0 Å². The molecule has 0 saturated carbocycles. The van der Waals surface area contributed by atoms with Crippen LogP contribution >= 0.6 is 0 Å². The first kappa shape index (κ1) is 38.9. The second-order valence-electron chi connectivity index (χ2n) is 18.2. The molecule has 4 bridgehead atoms. The highest BCUT2D eigenvalue weighted by Crippen LogP contribution is 2.51. The van der Waals surface area contributed by atoms with Crippen molar-refractivity contribution in [1.29, 1.82) is 0 Å². The standard InChI is InChI=1S/C54H52N4O4/c1-5-31-29-57-23-19-33(31)25-47(57)49(37-17-21-55-45-15-11-35(61-3)27-43(37)45)41-13-14-42(52-51(41)53(59)39-9-7-8-10-40(39)54(52)60)50(48-26-34-20-24-58(48)30-32(34)6-2)38-18-22-56-46-16-12-36(62-4)28-44(38)46/h5-18,21-22,27-28,31-34,47-50H,1-2,19-20,23-26,29-30H2,3-4H3/t31-,32+,33+,34-,47-,48-,49+,50+/m1/s1. The summed E-state index contributed by atoms with van der Waals surface area (Å²) in [6, 6.07) is 28.4. The lowest BCUT2D eigenvalue weighted by molar-refractivity contribution is 0.0116. The van der Waals surface area contributed by atoms with Gasteiger partial charge in [-0.2, -0.15) is 0 Å². The minimum atomic E-state index is -0.238. The van der Waals surface area contributed by atoms with Crippen molar-refractivity contribution in [1.82, 2.24) is 19.8 Å². The Hall–Kier alpha value is -5.96. The van der Waals surface area contributed by atoms with Crippen molar-refractivity contribution in [2.45, 2.75) is 49.6 Å². The average Bonchev–Trinajstić information content (AvgIpc) is 3.33. The summed E-state index contributed by atoms with van der Waals surface area (Å²) in [4.78, 5) is 46.2. The molecule has 8 heterocycles. The fraction of sp³-hybridized carbons (Fsp3) is 0.333. The molecule has 0 radical (unpaired) electrons. The van der Waals surface area contributed by atoms with E-state index in [2.05, 4.69) is 71.5 Å². The molecule has 4 aromatic carbocycles. The summed E-state index contributed by atoms with van der Waals surface area (Å²) in [6.45, 7) is 12.3. The van der Waals surface area contributed by atoms with Crippen LogP contribution in [0, 0.1) is 23.7 Å². The van der Waals surface area contributed by atoms with Crippen LogP contribution < -0.4 is 9.47 Å². The SMILES string of the molecule is C=C[C@@H]1CN2CC[C@H]1C[C@@H]2[C@H](c1ccc([C@H](c2ccnc3ccc(OC)cc23)[C@H]2C[C@H]3CCN2C[C@@H]3C=C)c2c1C(=O)c1ccccc1C2=O)c1ccnc2ccc(OC)cc12. The molecule has 6 aromatic rings. The van der Waals surface area contributed by atoms with E-state index in [0.29, 0.717) is 45.9 Å². The molecule has 1 aliphatic carbocycles. The van der Waals surface area contributed by atoms with Crippen LogP contribution in [0.1, 0.15) is 91.6 Å². The van der Waals surface area contributed by atoms with Crippen LogP contribution in [0.25, 0.3) is 21.8 Å². The molecule has 2 aromatic heterocycles. The van der Waals surface area contributed by atoms with Gasteiger partial charge in [-0.25, -0.2) is 0 Å². The topological polar surface area (TPSA) is 84.9 Å². The Kier molecular flexibility index (Phi) is 9.69. The van der Waals surface area contributed by atoms with E-state index >= 15 is 9.59 Å². The Morgan fingerprint density at radius 1 is 0.613 bits per heavy atom. The van der Waals surface area contributed by atoms with Gasteiger partial charge < -0.3 is 9.47 Å². The molecule has 7 aliphatic rings. The smallest absolute Gasteiger partial charge is 0.194 e. The molecule has 6 saturated heterocycles. The zero-order valence-electron chi connectivity index (χ0n) is 35.5. The molecule has 6 aliphatic heterocycles. The van der Waals surface area contributed by atoms with Crippen LogP contribution in [0.2, 0.25) is 0 Å². The van der Waals surface area contributed by atoms with E-state index in [0.717, 1.165) is 107 Å². The van der Waals surface area contributed by atoms with E-state index in [1.807, 2.05) is 60.9 Å². The van der Waals surface area contributed by atoms with Crippen LogP contribution in [0.3, 0.4) is 0 Å². The number of ketones is 2. The molecule has 6 fully saturated rings. The van der Waals surface area contributed by atoms with Gasteiger partial charge >= 0.3 is 0 Å². The number of hydrogen-bond donors (Lipinski definition) is 0. The summed E-state index contributed by atoms with van der Waals surface area (Å²) in [6.07, 6.45) is 12.2. The third-order valence-corrected chi connectivity index (χ3v) is 15.5.